The van der Waals surface area contributed by atoms with Crippen molar-refractivity contribution in [3.05, 3.63) is 60.2 Å². The molecule has 2 aromatic rings. The number of likely N-dealkylation sites (tertiary alicyclic amines) is 1. The molecule has 0 radical (unpaired) electrons. The van der Waals surface area contributed by atoms with Gasteiger partial charge in [-0.1, -0.05) is 48.2 Å². The third-order valence-corrected chi connectivity index (χ3v) is 7.05. The van der Waals surface area contributed by atoms with Gasteiger partial charge in [-0.25, -0.2) is 0 Å². The minimum atomic E-state index is -0.533. The Morgan fingerprint density at radius 2 is 1.72 bits per heavy atom. The predicted octanol–water partition coefficient (Wildman–Crippen LogP) is 5.72. The van der Waals surface area contributed by atoms with Gasteiger partial charge in [-0.2, -0.15) is 0 Å². The van der Waals surface area contributed by atoms with E-state index < -0.39 is 5.41 Å². The molecular formula is C24H30BrNO2S. The van der Waals surface area contributed by atoms with Crippen molar-refractivity contribution in [1.29, 1.82) is 0 Å². The van der Waals surface area contributed by atoms with Gasteiger partial charge in [-0.05, 0) is 75.4 Å². The second-order valence-electron chi connectivity index (χ2n) is 7.96. The van der Waals surface area contributed by atoms with Crippen LogP contribution >= 0.6 is 28.7 Å². The monoisotopic (exact) mass is 475 g/mol. The molecule has 4 rings (SSSR count). The van der Waals surface area contributed by atoms with Gasteiger partial charge in [0, 0.05) is 16.3 Å². The Labute approximate surface area is 189 Å². The van der Waals surface area contributed by atoms with E-state index in [4.69, 9.17) is 4.74 Å². The van der Waals surface area contributed by atoms with Crippen LogP contribution in [-0.4, -0.2) is 37.1 Å². The number of esters is 1. The number of halogens is 1. The molecule has 2 fully saturated rings. The third-order valence-electron chi connectivity index (χ3n) is 5.96. The van der Waals surface area contributed by atoms with Gasteiger partial charge < -0.3 is 9.64 Å². The molecule has 1 saturated heterocycles. The molecule has 2 aromatic carbocycles. The van der Waals surface area contributed by atoms with Crippen molar-refractivity contribution >= 4 is 34.7 Å². The first-order chi connectivity index (χ1) is 13.7. The van der Waals surface area contributed by atoms with E-state index in [0.717, 1.165) is 42.3 Å². The van der Waals surface area contributed by atoms with E-state index in [2.05, 4.69) is 53.4 Å². The number of carbonyl (C=O) groups excluding carboxylic acids is 1. The molecule has 1 aliphatic heterocycles. The average molecular weight is 476 g/mol. The first kappa shape index (κ1) is 22.4. The lowest BCUT2D eigenvalue weighted by Crippen LogP contribution is -2.48. The van der Waals surface area contributed by atoms with Crippen LogP contribution in [0.25, 0.3) is 0 Å². The molecule has 1 heterocycles. The van der Waals surface area contributed by atoms with Gasteiger partial charge >= 0.3 is 5.97 Å². The standard InChI is InChI=1S/C24H29NO2S.BrH/c1-2-27-23(26)24(14-16-25(17-15-24)18-19-12-13-19)21-10-6-7-11-22(21)28-20-8-4-3-5-9-20;/h3-11,19H,2,12-18H2,1H3;1H. The fraction of sp³-hybridized carbons (Fsp3) is 0.458. The van der Waals surface area contributed by atoms with Gasteiger partial charge in [-0.15, -0.1) is 17.0 Å². The summed E-state index contributed by atoms with van der Waals surface area (Å²) in [6, 6.07) is 18.8. The van der Waals surface area contributed by atoms with Crippen molar-refractivity contribution in [2.45, 2.75) is 47.8 Å². The van der Waals surface area contributed by atoms with Crippen LogP contribution in [0.5, 0.6) is 0 Å². The van der Waals surface area contributed by atoms with Crippen molar-refractivity contribution in [1.82, 2.24) is 4.90 Å². The van der Waals surface area contributed by atoms with Crippen LogP contribution in [0.4, 0.5) is 0 Å². The minimum Gasteiger partial charge on any atom is -0.465 e. The molecule has 0 bridgehead atoms. The van der Waals surface area contributed by atoms with Crippen LogP contribution in [-0.2, 0) is 14.9 Å². The molecule has 29 heavy (non-hydrogen) atoms. The molecule has 2 aliphatic rings. The quantitative estimate of drug-likeness (QED) is 0.478. The highest BCUT2D eigenvalue weighted by Crippen LogP contribution is 2.44. The summed E-state index contributed by atoms with van der Waals surface area (Å²) < 4.78 is 5.61. The van der Waals surface area contributed by atoms with Gasteiger partial charge in [0.15, 0.2) is 0 Å². The van der Waals surface area contributed by atoms with E-state index in [9.17, 15) is 4.79 Å². The Hall–Kier alpha value is -1.30. The summed E-state index contributed by atoms with van der Waals surface area (Å²) in [4.78, 5) is 18.1. The average Bonchev–Trinajstić information content (AvgIpc) is 3.54. The number of hydrogen-bond acceptors (Lipinski definition) is 4. The molecule has 5 heteroatoms. The first-order valence-corrected chi connectivity index (χ1v) is 11.2. The number of hydrogen-bond donors (Lipinski definition) is 0. The first-order valence-electron chi connectivity index (χ1n) is 10.4. The van der Waals surface area contributed by atoms with E-state index in [0.29, 0.717) is 6.61 Å². The molecule has 0 atom stereocenters. The lowest BCUT2D eigenvalue weighted by atomic mass is 9.72. The van der Waals surface area contributed by atoms with E-state index in [1.807, 2.05) is 13.0 Å². The maximum Gasteiger partial charge on any atom is 0.316 e. The summed E-state index contributed by atoms with van der Waals surface area (Å²) in [6.45, 7) is 5.47. The molecule has 3 nitrogen and oxygen atoms in total. The molecule has 0 spiro atoms. The summed E-state index contributed by atoms with van der Waals surface area (Å²) >= 11 is 1.74. The summed E-state index contributed by atoms with van der Waals surface area (Å²) in [5.41, 5.74) is 0.599. The zero-order valence-electron chi connectivity index (χ0n) is 17.0. The zero-order chi connectivity index (χ0) is 19.4. The van der Waals surface area contributed by atoms with E-state index in [-0.39, 0.29) is 23.0 Å². The molecule has 1 saturated carbocycles. The highest BCUT2D eigenvalue weighted by Gasteiger charge is 2.46. The van der Waals surface area contributed by atoms with Gasteiger partial charge in [0.25, 0.3) is 0 Å². The molecule has 0 aromatic heterocycles. The van der Waals surface area contributed by atoms with Crippen LogP contribution < -0.4 is 0 Å². The Morgan fingerprint density at radius 1 is 1.07 bits per heavy atom. The highest BCUT2D eigenvalue weighted by molar-refractivity contribution is 8.93. The Kier molecular flexibility index (Phi) is 7.83. The lowest BCUT2D eigenvalue weighted by Gasteiger charge is -2.41. The van der Waals surface area contributed by atoms with Crippen molar-refractivity contribution in [2.75, 3.05) is 26.2 Å². The predicted molar refractivity (Wildman–Crippen MR) is 124 cm³/mol. The second kappa shape index (κ2) is 10.1. The normalized spacial score (nSPS) is 18.7. The second-order valence-corrected chi connectivity index (χ2v) is 9.07. The van der Waals surface area contributed by atoms with Crippen molar-refractivity contribution < 1.29 is 9.53 Å². The SMILES string of the molecule is Br.CCOC(=O)C1(c2ccccc2Sc2ccccc2)CCN(CC2CC2)CC1. The smallest absolute Gasteiger partial charge is 0.316 e. The fourth-order valence-corrected chi connectivity index (χ4v) is 5.27. The summed E-state index contributed by atoms with van der Waals surface area (Å²) in [6.07, 6.45) is 4.42. The van der Waals surface area contributed by atoms with Gasteiger partial charge in [-0.3, -0.25) is 4.79 Å². The van der Waals surface area contributed by atoms with Crippen LogP contribution in [0.15, 0.2) is 64.4 Å². The number of piperidine rings is 1. The van der Waals surface area contributed by atoms with Crippen LogP contribution in [0.3, 0.4) is 0 Å². The molecule has 0 N–H and O–H groups in total. The number of rotatable bonds is 7. The topological polar surface area (TPSA) is 29.5 Å². The molecule has 0 unspecified atom stereocenters. The summed E-state index contributed by atoms with van der Waals surface area (Å²) in [5, 5.41) is 0. The fourth-order valence-electron chi connectivity index (χ4n) is 4.20. The molecular weight excluding hydrogens is 446 g/mol. The van der Waals surface area contributed by atoms with Crippen molar-refractivity contribution in [3.63, 3.8) is 0 Å². The Balaban J connectivity index is 0.00000240. The zero-order valence-corrected chi connectivity index (χ0v) is 19.5. The molecule has 1 aliphatic carbocycles. The van der Waals surface area contributed by atoms with Crippen LogP contribution in [0, 0.1) is 5.92 Å². The van der Waals surface area contributed by atoms with Gasteiger partial charge in [0.1, 0.15) is 0 Å². The van der Waals surface area contributed by atoms with E-state index >= 15 is 0 Å². The molecule has 156 valence electrons. The third kappa shape index (κ3) is 5.25. The highest BCUT2D eigenvalue weighted by atomic mass is 79.9. The summed E-state index contributed by atoms with van der Waals surface area (Å²) in [7, 11) is 0. The molecule has 0 amide bonds. The number of carbonyl (C=O) groups is 1. The number of benzene rings is 2. The maximum absolute atomic E-state index is 13.2. The van der Waals surface area contributed by atoms with Crippen molar-refractivity contribution in [2.24, 2.45) is 5.92 Å². The maximum atomic E-state index is 13.2. The summed E-state index contributed by atoms with van der Waals surface area (Å²) in [5.74, 6) is 0.832. The van der Waals surface area contributed by atoms with Crippen molar-refractivity contribution in [3.8, 4) is 0 Å². The van der Waals surface area contributed by atoms with Gasteiger partial charge in [0.2, 0.25) is 0 Å². The van der Waals surface area contributed by atoms with Crippen LogP contribution in [0.1, 0.15) is 38.2 Å². The Morgan fingerprint density at radius 3 is 2.38 bits per heavy atom. The minimum absolute atomic E-state index is 0. The number of nitrogens with zero attached hydrogens (tertiary/aromatic N) is 1. The van der Waals surface area contributed by atoms with Crippen LogP contribution in [0.2, 0.25) is 0 Å². The van der Waals surface area contributed by atoms with E-state index in [1.165, 1.54) is 24.3 Å². The largest absolute Gasteiger partial charge is 0.465 e. The van der Waals surface area contributed by atoms with Gasteiger partial charge in [0.05, 0.1) is 12.0 Å². The Bertz CT molecular complexity index is 802. The van der Waals surface area contributed by atoms with E-state index in [1.54, 1.807) is 11.8 Å². The number of ether oxygens (including phenoxy) is 1. The lowest BCUT2D eigenvalue weighted by molar-refractivity contribution is -0.152.